The number of amides is 1. The number of anilines is 1. The summed E-state index contributed by atoms with van der Waals surface area (Å²) in [5, 5.41) is 12.3. The molecule has 0 aromatic heterocycles. The number of phenols is 1. The van der Waals surface area contributed by atoms with Crippen molar-refractivity contribution in [1.82, 2.24) is 0 Å². The number of carbonyl (C=O) groups is 2. The van der Waals surface area contributed by atoms with Gasteiger partial charge in [0.2, 0.25) is 5.91 Å². The van der Waals surface area contributed by atoms with Crippen molar-refractivity contribution < 1.29 is 14.7 Å². The van der Waals surface area contributed by atoms with Gasteiger partial charge in [0.1, 0.15) is 5.75 Å². The second kappa shape index (κ2) is 8.17. The molecule has 4 N–H and O–H groups in total. The van der Waals surface area contributed by atoms with Crippen LogP contribution in [0.4, 0.5) is 5.69 Å². The van der Waals surface area contributed by atoms with Crippen LogP contribution in [-0.4, -0.2) is 29.2 Å². The number of benzene rings is 1. The molecule has 120 valence electrons. The summed E-state index contributed by atoms with van der Waals surface area (Å²) in [5.74, 6) is -0.111. The van der Waals surface area contributed by atoms with Gasteiger partial charge in [-0.3, -0.25) is 14.6 Å². The third-order valence-electron chi connectivity index (χ3n) is 3.25. The van der Waals surface area contributed by atoms with Crippen LogP contribution < -0.4 is 11.1 Å². The number of amidine groups is 1. The summed E-state index contributed by atoms with van der Waals surface area (Å²) in [6.07, 6.45) is 1.47. The van der Waals surface area contributed by atoms with Crippen LogP contribution in [0.3, 0.4) is 0 Å². The van der Waals surface area contributed by atoms with Gasteiger partial charge in [0.15, 0.2) is 5.78 Å². The van der Waals surface area contributed by atoms with E-state index in [4.69, 9.17) is 5.73 Å². The number of rotatable bonds is 7. The summed E-state index contributed by atoms with van der Waals surface area (Å²) in [6.45, 7) is 5.53. The van der Waals surface area contributed by atoms with E-state index in [9.17, 15) is 14.7 Å². The number of ketones is 1. The maximum Gasteiger partial charge on any atom is 0.227 e. The first-order valence-electron chi connectivity index (χ1n) is 7.22. The maximum absolute atomic E-state index is 12.1. The van der Waals surface area contributed by atoms with Crippen LogP contribution in [0.25, 0.3) is 0 Å². The Labute approximate surface area is 130 Å². The topological polar surface area (TPSA) is 105 Å². The molecule has 22 heavy (non-hydrogen) atoms. The molecule has 1 aromatic carbocycles. The number of aliphatic imine (C=N–C) groups is 1. The molecule has 1 rings (SSSR count). The minimum absolute atomic E-state index is 0.0893. The highest BCUT2D eigenvalue weighted by Crippen LogP contribution is 2.22. The lowest BCUT2D eigenvalue weighted by Crippen LogP contribution is -2.20. The predicted octanol–water partition coefficient (Wildman–Crippen LogP) is 2.33. The van der Waals surface area contributed by atoms with Gasteiger partial charge in [0.05, 0.1) is 11.4 Å². The van der Waals surface area contributed by atoms with Crippen LogP contribution in [0.2, 0.25) is 0 Å². The lowest BCUT2D eigenvalue weighted by atomic mass is 10.0. The van der Waals surface area contributed by atoms with Crippen molar-refractivity contribution in [2.45, 2.75) is 33.6 Å². The van der Waals surface area contributed by atoms with Crippen molar-refractivity contribution in [1.29, 1.82) is 0 Å². The Morgan fingerprint density at radius 2 is 2.05 bits per heavy atom. The van der Waals surface area contributed by atoms with E-state index in [1.807, 2.05) is 6.92 Å². The Balaban J connectivity index is 2.59. The molecule has 6 nitrogen and oxygen atoms in total. The molecule has 0 aliphatic heterocycles. The largest absolute Gasteiger partial charge is 0.507 e. The second-order valence-electron chi connectivity index (χ2n) is 5.34. The van der Waals surface area contributed by atoms with E-state index in [0.717, 1.165) is 6.42 Å². The quantitative estimate of drug-likeness (QED) is 0.236. The normalized spacial score (nSPS) is 12.8. The lowest BCUT2D eigenvalue weighted by Gasteiger charge is -2.12. The zero-order valence-corrected chi connectivity index (χ0v) is 13.2. The maximum atomic E-state index is 12.1. The summed E-state index contributed by atoms with van der Waals surface area (Å²) in [5.41, 5.74) is 6.13. The van der Waals surface area contributed by atoms with Crippen LogP contribution in [-0.2, 0) is 4.79 Å². The highest BCUT2D eigenvalue weighted by atomic mass is 16.3. The Kier molecular flexibility index (Phi) is 6.56. The van der Waals surface area contributed by atoms with Crippen LogP contribution in [0.1, 0.15) is 44.0 Å². The van der Waals surface area contributed by atoms with E-state index in [2.05, 4.69) is 10.3 Å². The molecular formula is C16H23N3O3. The number of phenolic OH excluding ortho intramolecular Hbond substituents is 1. The number of nitrogens with one attached hydrogen (secondary N) is 1. The van der Waals surface area contributed by atoms with Gasteiger partial charge in [-0.05, 0) is 44.9 Å². The molecule has 0 unspecified atom stereocenters. The fourth-order valence-electron chi connectivity index (χ4n) is 1.95. The van der Waals surface area contributed by atoms with Crippen molar-refractivity contribution in [3.05, 3.63) is 23.8 Å². The smallest absolute Gasteiger partial charge is 0.227 e. The van der Waals surface area contributed by atoms with Crippen LogP contribution in [0, 0.1) is 5.92 Å². The van der Waals surface area contributed by atoms with Crippen LogP contribution in [0.15, 0.2) is 23.2 Å². The summed E-state index contributed by atoms with van der Waals surface area (Å²) < 4.78 is 0. The summed E-state index contributed by atoms with van der Waals surface area (Å²) in [4.78, 5) is 27.5. The number of carbonyl (C=O) groups excluding carboxylic acids is 2. The number of Topliss-reactive ketones (excluding diaryl/α,β-unsaturated/α-hetero) is 1. The van der Waals surface area contributed by atoms with Gasteiger partial charge in [0, 0.05) is 18.2 Å². The molecule has 6 heteroatoms. The Morgan fingerprint density at radius 1 is 1.36 bits per heavy atom. The molecule has 0 aliphatic rings. The predicted molar refractivity (Wildman–Crippen MR) is 87.3 cm³/mol. The van der Waals surface area contributed by atoms with E-state index >= 15 is 0 Å². The van der Waals surface area contributed by atoms with Crippen molar-refractivity contribution >= 4 is 23.2 Å². The minimum atomic E-state index is -0.253. The van der Waals surface area contributed by atoms with E-state index in [1.54, 1.807) is 13.0 Å². The standard InChI is InChI=1S/C16H23N3O3/c1-10(5-4-8-18-12(3)17)16(22)19-13-6-7-15(21)14(9-13)11(2)20/h6-7,9-10,21H,4-5,8H2,1-3H3,(H2,17,18)(H,19,22)/t10-/m1/s1. The average molecular weight is 305 g/mol. The molecule has 1 amide bonds. The zero-order chi connectivity index (χ0) is 16.7. The molecule has 0 saturated carbocycles. The van der Waals surface area contributed by atoms with Crippen molar-refractivity contribution in [2.24, 2.45) is 16.6 Å². The number of hydrogen-bond acceptors (Lipinski definition) is 4. The van der Waals surface area contributed by atoms with Crippen LogP contribution in [0.5, 0.6) is 5.75 Å². The van der Waals surface area contributed by atoms with Gasteiger partial charge in [-0.25, -0.2) is 0 Å². The van der Waals surface area contributed by atoms with E-state index < -0.39 is 0 Å². The summed E-state index contributed by atoms with van der Waals surface area (Å²) in [6, 6.07) is 4.44. The Hall–Kier alpha value is -2.37. The van der Waals surface area contributed by atoms with E-state index in [1.165, 1.54) is 19.1 Å². The third kappa shape index (κ3) is 5.55. The number of nitrogens with two attached hydrogens (primary N) is 1. The van der Waals surface area contributed by atoms with Gasteiger partial charge in [-0.15, -0.1) is 0 Å². The van der Waals surface area contributed by atoms with Gasteiger partial charge in [0.25, 0.3) is 0 Å². The highest BCUT2D eigenvalue weighted by molar-refractivity contribution is 5.99. The monoisotopic (exact) mass is 305 g/mol. The first-order valence-corrected chi connectivity index (χ1v) is 7.22. The van der Waals surface area contributed by atoms with Crippen LogP contribution >= 0.6 is 0 Å². The number of hydrogen-bond donors (Lipinski definition) is 3. The van der Waals surface area contributed by atoms with Gasteiger partial charge < -0.3 is 16.2 Å². The van der Waals surface area contributed by atoms with Crippen molar-refractivity contribution in [3.63, 3.8) is 0 Å². The molecular weight excluding hydrogens is 282 g/mol. The van der Waals surface area contributed by atoms with E-state index in [-0.39, 0.29) is 28.9 Å². The molecule has 0 fully saturated rings. The SMILES string of the molecule is CC(=O)c1cc(NC(=O)[C@H](C)CCCN=C(C)N)ccc1O. The molecule has 0 spiro atoms. The van der Waals surface area contributed by atoms with Crippen molar-refractivity contribution in [2.75, 3.05) is 11.9 Å². The third-order valence-corrected chi connectivity index (χ3v) is 3.25. The van der Waals surface area contributed by atoms with Gasteiger partial charge in [-0.2, -0.15) is 0 Å². The summed E-state index contributed by atoms with van der Waals surface area (Å²) >= 11 is 0. The Bertz CT molecular complexity index is 578. The Morgan fingerprint density at radius 3 is 2.64 bits per heavy atom. The highest BCUT2D eigenvalue weighted by Gasteiger charge is 2.14. The zero-order valence-electron chi connectivity index (χ0n) is 13.2. The summed E-state index contributed by atoms with van der Waals surface area (Å²) in [7, 11) is 0. The first-order chi connectivity index (χ1) is 10.3. The molecule has 0 heterocycles. The van der Waals surface area contributed by atoms with Crippen molar-refractivity contribution in [3.8, 4) is 5.75 Å². The fraction of sp³-hybridized carbons (Fsp3) is 0.438. The van der Waals surface area contributed by atoms with E-state index in [0.29, 0.717) is 24.5 Å². The second-order valence-corrected chi connectivity index (χ2v) is 5.34. The molecule has 1 atom stereocenters. The molecule has 0 saturated heterocycles. The molecule has 1 aromatic rings. The lowest BCUT2D eigenvalue weighted by molar-refractivity contribution is -0.119. The molecule has 0 bridgehead atoms. The minimum Gasteiger partial charge on any atom is -0.507 e. The fourth-order valence-corrected chi connectivity index (χ4v) is 1.95. The average Bonchev–Trinajstić information content (AvgIpc) is 2.44. The number of nitrogens with zero attached hydrogens (tertiary/aromatic N) is 1. The molecule has 0 aliphatic carbocycles. The molecule has 0 radical (unpaired) electrons. The first kappa shape index (κ1) is 17.7. The van der Waals surface area contributed by atoms with Gasteiger partial charge >= 0.3 is 0 Å². The number of aromatic hydroxyl groups is 1. The van der Waals surface area contributed by atoms with Gasteiger partial charge in [-0.1, -0.05) is 6.92 Å².